The summed E-state index contributed by atoms with van der Waals surface area (Å²) in [6, 6.07) is 20.3. The fourth-order valence-electron chi connectivity index (χ4n) is 6.10. The van der Waals surface area contributed by atoms with E-state index in [0.717, 1.165) is 60.7 Å². The summed E-state index contributed by atoms with van der Waals surface area (Å²) in [5.41, 5.74) is 5.85. The SMILES string of the molecule is O=C([C@H]1CN(C2c3ncccc3CCc3cccc(Cl)c32)CCN1)N(CCCn1ccnc1)Cc1ccccc1. The Morgan fingerprint density at radius 1 is 1.02 bits per heavy atom. The van der Waals surface area contributed by atoms with Crippen LogP contribution in [0.1, 0.15) is 40.4 Å². The highest BCUT2D eigenvalue weighted by atomic mass is 35.5. The highest BCUT2D eigenvalue weighted by Crippen LogP contribution is 2.39. The van der Waals surface area contributed by atoms with Crippen molar-refractivity contribution >= 4 is 17.5 Å². The van der Waals surface area contributed by atoms with Crippen LogP contribution >= 0.6 is 11.6 Å². The van der Waals surface area contributed by atoms with Crippen molar-refractivity contribution in [3.63, 3.8) is 0 Å². The van der Waals surface area contributed by atoms with Gasteiger partial charge in [-0.25, -0.2) is 4.98 Å². The molecule has 0 radical (unpaired) electrons. The number of nitrogens with zero attached hydrogens (tertiary/aromatic N) is 5. The molecule has 0 spiro atoms. The molecule has 2 aromatic carbocycles. The molecule has 2 aliphatic rings. The Morgan fingerprint density at radius 3 is 2.73 bits per heavy atom. The lowest BCUT2D eigenvalue weighted by molar-refractivity contribution is -0.135. The van der Waals surface area contributed by atoms with E-state index in [4.69, 9.17) is 16.6 Å². The maximum absolute atomic E-state index is 14.1. The number of pyridine rings is 1. The van der Waals surface area contributed by atoms with Crippen molar-refractivity contribution in [1.29, 1.82) is 0 Å². The number of halogens is 1. The molecular weight excluding hydrogens is 520 g/mol. The quantitative estimate of drug-likeness (QED) is 0.347. The first-order valence-corrected chi connectivity index (χ1v) is 14.5. The number of piperazine rings is 1. The van der Waals surface area contributed by atoms with Crippen LogP contribution in [-0.4, -0.2) is 62.5 Å². The van der Waals surface area contributed by atoms with Crippen molar-refractivity contribution in [1.82, 2.24) is 29.7 Å². The Bertz CT molecular complexity index is 1430. The average molecular weight is 555 g/mol. The average Bonchev–Trinajstić information content (AvgIpc) is 3.45. The number of carbonyl (C=O) groups is 1. The van der Waals surface area contributed by atoms with Crippen LogP contribution in [0.4, 0.5) is 0 Å². The number of aromatic nitrogens is 3. The van der Waals surface area contributed by atoms with Gasteiger partial charge in [0.1, 0.15) is 0 Å². The van der Waals surface area contributed by atoms with Crippen molar-refractivity contribution in [2.45, 2.75) is 44.4 Å². The number of rotatable bonds is 8. The maximum atomic E-state index is 14.1. The van der Waals surface area contributed by atoms with Crippen molar-refractivity contribution in [2.24, 2.45) is 0 Å². The summed E-state index contributed by atoms with van der Waals surface area (Å²) in [6.07, 6.45) is 10.2. The lowest BCUT2D eigenvalue weighted by atomic mass is 9.95. The summed E-state index contributed by atoms with van der Waals surface area (Å²) in [6.45, 7) is 4.22. The van der Waals surface area contributed by atoms with Crippen LogP contribution in [0.2, 0.25) is 5.02 Å². The van der Waals surface area contributed by atoms with Gasteiger partial charge in [0.05, 0.1) is 24.1 Å². The number of aryl methyl sites for hydroxylation is 3. The van der Waals surface area contributed by atoms with E-state index >= 15 is 0 Å². The Labute approximate surface area is 240 Å². The van der Waals surface area contributed by atoms with Gasteiger partial charge in [0.15, 0.2) is 0 Å². The molecule has 1 aliphatic heterocycles. The zero-order chi connectivity index (χ0) is 27.3. The second kappa shape index (κ2) is 12.3. The van der Waals surface area contributed by atoms with Gasteiger partial charge in [0, 0.05) is 62.9 Å². The molecule has 1 unspecified atom stereocenters. The molecule has 8 heteroatoms. The Morgan fingerprint density at radius 2 is 1.88 bits per heavy atom. The smallest absolute Gasteiger partial charge is 0.241 e. The summed E-state index contributed by atoms with van der Waals surface area (Å²) in [7, 11) is 0. The minimum Gasteiger partial charge on any atom is -0.337 e. The van der Waals surface area contributed by atoms with E-state index in [2.05, 4.69) is 44.0 Å². The third kappa shape index (κ3) is 5.82. The molecule has 1 N–H and O–H groups in total. The van der Waals surface area contributed by atoms with E-state index in [1.807, 2.05) is 60.0 Å². The third-order valence-corrected chi connectivity index (χ3v) is 8.40. The molecule has 3 heterocycles. The molecule has 6 rings (SSSR count). The number of hydrogen-bond donors (Lipinski definition) is 1. The Balaban J connectivity index is 1.25. The lowest BCUT2D eigenvalue weighted by Crippen LogP contribution is -2.58. The molecule has 206 valence electrons. The Hall–Kier alpha value is -3.52. The molecule has 2 atom stereocenters. The van der Waals surface area contributed by atoms with Gasteiger partial charge in [-0.05, 0) is 53.6 Å². The number of imidazole rings is 1. The molecule has 0 bridgehead atoms. The molecule has 1 amide bonds. The summed E-state index contributed by atoms with van der Waals surface area (Å²) in [5, 5.41) is 4.31. The number of nitrogens with one attached hydrogen (secondary N) is 1. The fraction of sp³-hybridized carbons (Fsp3) is 0.344. The van der Waals surface area contributed by atoms with Gasteiger partial charge >= 0.3 is 0 Å². The number of carbonyl (C=O) groups excluding carboxylic acids is 1. The van der Waals surface area contributed by atoms with Gasteiger partial charge in [-0.3, -0.25) is 14.7 Å². The molecular formula is C32H35ClN6O. The van der Waals surface area contributed by atoms with E-state index in [0.29, 0.717) is 19.6 Å². The van der Waals surface area contributed by atoms with Crippen molar-refractivity contribution in [2.75, 3.05) is 26.2 Å². The fourth-order valence-corrected chi connectivity index (χ4v) is 6.40. The van der Waals surface area contributed by atoms with Gasteiger partial charge in [-0.1, -0.05) is 60.1 Å². The first-order chi connectivity index (χ1) is 19.7. The van der Waals surface area contributed by atoms with E-state index < -0.39 is 0 Å². The first-order valence-electron chi connectivity index (χ1n) is 14.1. The topological polar surface area (TPSA) is 66.3 Å². The Kier molecular flexibility index (Phi) is 8.23. The second-order valence-corrected chi connectivity index (χ2v) is 11.1. The molecule has 1 fully saturated rings. The summed E-state index contributed by atoms with van der Waals surface area (Å²) in [5.74, 6) is 0.133. The number of amides is 1. The number of hydrogen-bond acceptors (Lipinski definition) is 5. The maximum Gasteiger partial charge on any atom is 0.241 e. The van der Waals surface area contributed by atoms with Crippen molar-refractivity contribution < 1.29 is 4.79 Å². The van der Waals surface area contributed by atoms with Crippen LogP contribution in [0.3, 0.4) is 0 Å². The minimum absolute atomic E-state index is 0.0800. The summed E-state index contributed by atoms with van der Waals surface area (Å²) in [4.78, 5) is 27.6. The van der Waals surface area contributed by atoms with Gasteiger partial charge < -0.3 is 14.8 Å². The highest BCUT2D eigenvalue weighted by molar-refractivity contribution is 6.31. The second-order valence-electron chi connectivity index (χ2n) is 10.7. The summed E-state index contributed by atoms with van der Waals surface area (Å²) < 4.78 is 2.06. The van der Waals surface area contributed by atoms with Crippen LogP contribution in [-0.2, 0) is 30.7 Å². The number of benzene rings is 2. The minimum atomic E-state index is -0.313. The van der Waals surface area contributed by atoms with Gasteiger partial charge in [-0.15, -0.1) is 0 Å². The molecule has 4 aromatic rings. The predicted octanol–water partition coefficient (Wildman–Crippen LogP) is 4.51. The zero-order valence-electron chi connectivity index (χ0n) is 22.6. The van der Waals surface area contributed by atoms with Gasteiger partial charge in [0.2, 0.25) is 5.91 Å². The van der Waals surface area contributed by atoms with Crippen molar-refractivity contribution in [3.05, 3.63) is 119 Å². The zero-order valence-corrected chi connectivity index (χ0v) is 23.4. The highest BCUT2D eigenvalue weighted by Gasteiger charge is 2.37. The lowest BCUT2D eigenvalue weighted by Gasteiger charge is -2.40. The van der Waals surface area contributed by atoms with E-state index in [1.165, 1.54) is 11.1 Å². The molecule has 40 heavy (non-hydrogen) atoms. The monoisotopic (exact) mass is 554 g/mol. The molecule has 2 aromatic heterocycles. The molecule has 1 aliphatic carbocycles. The van der Waals surface area contributed by atoms with Crippen LogP contribution < -0.4 is 5.32 Å². The predicted molar refractivity (Wildman–Crippen MR) is 157 cm³/mol. The molecule has 7 nitrogen and oxygen atoms in total. The summed E-state index contributed by atoms with van der Waals surface area (Å²) >= 11 is 6.88. The largest absolute Gasteiger partial charge is 0.337 e. The van der Waals surface area contributed by atoms with Crippen LogP contribution in [0.25, 0.3) is 0 Å². The molecule has 1 saturated heterocycles. The molecule has 0 saturated carbocycles. The van der Waals surface area contributed by atoms with Crippen LogP contribution in [0.15, 0.2) is 85.6 Å². The third-order valence-electron chi connectivity index (χ3n) is 8.07. The standard InChI is InChI=1S/C32H35ClN6O/c33-27-11-4-9-25-12-13-26-10-5-14-36-30(26)31(29(25)27)38-20-16-35-28(22-38)32(40)39(21-24-7-2-1-3-8-24)18-6-17-37-19-15-34-23-37/h1-5,7-11,14-15,19,23,28,31,35H,6,12-13,16-18,20-22H2/t28-,31?/m1/s1. The van der Waals surface area contributed by atoms with Gasteiger partial charge in [0.25, 0.3) is 0 Å². The van der Waals surface area contributed by atoms with E-state index in [-0.39, 0.29) is 18.0 Å². The van der Waals surface area contributed by atoms with Crippen LogP contribution in [0.5, 0.6) is 0 Å². The normalized spacial score (nSPS) is 18.9. The first kappa shape index (κ1) is 26.7. The van der Waals surface area contributed by atoms with E-state index in [1.54, 1.807) is 6.20 Å². The van der Waals surface area contributed by atoms with Gasteiger partial charge in [-0.2, -0.15) is 0 Å². The van der Waals surface area contributed by atoms with E-state index in [9.17, 15) is 4.79 Å². The number of fused-ring (bicyclic) bond motifs is 2. The van der Waals surface area contributed by atoms with Crippen LogP contribution in [0, 0.1) is 0 Å². The van der Waals surface area contributed by atoms with Crippen molar-refractivity contribution in [3.8, 4) is 0 Å².